The lowest BCUT2D eigenvalue weighted by molar-refractivity contribution is -0.143. The number of esters is 1. The van der Waals surface area contributed by atoms with E-state index in [9.17, 15) is 19.8 Å². The van der Waals surface area contributed by atoms with Crippen LogP contribution in [0.1, 0.15) is 316 Å². The molecule has 0 spiro atoms. The van der Waals surface area contributed by atoms with E-state index in [-0.39, 0.29) is 18.5 Å². The second kappa shape index (κ2) is 60.1. The molecule has 0 radical (unpaired) electrons. The van der Waals surface area contributed by atoms with Crippen LogP contribution in [0.25, 0.3) is 0 Å². The summed E-state index contributed by atoms with van der Waals surface area (Å²) in [5.74, 6) is -0.117. The predicted molar refractivity (Wildman–Crippen MR) is 310 cm³/mol. The Labute approximate surface area is 441 Å². The van der Waals surface area contributed by atoms with Crippen molar-refractivity contribution >= 4 is 11.9 Å². The molecule has 0 saturated carbocycles. The van der Waals surface area contributed by atoms with Gasteiger partial charge in [0.05, 0.1) is 25.4 Å². The number of amides is 1. The lowest BCUT2D eigenvalue weighted by Crippen LogP contribution is -2.45. The maximum absolute atomic E-state index is 12.5. The van der Waals surface area contributed by atoms with Gasteiger partial charge >= 0.3 is 5.97 Å². The minimum atomic E-state index is -0.849. The Bertz CT molecular complexity index is 1240. The molecule has 2 unspecified atom stereocenters. The summed E-state index contributed by atoms with van der Waals surface area (Å²) in [6.07, 6.45) is 78.4. The monoisotopic (exact) mass is 994 g/mol. The highest BCUT2D eigenvalue weighted by Gasteiger charge is 2.18. The predicted octanol–water partition coefficient (Wildman–Crippen LogP) is 19.5. The fraction of sp³-hybridized carbons (Fsp3) is 0.815. The van der Waals surface area contributed by atoms with Crippen molar-refractivity contribution in [3.63, 3.8) is 0 Å². The quantitative estimate of drug-likeness (QED) is 0.0321. The highest BCUT2D eigenvalue weighted by Crippen LogP contribution is 2.16. The molecule has 0 aliphatic heterocycles. The molecule has 0 heterocycles. The molecule has 6 heteroatoms. The normalized spacial score (nSPS) is 13.0. The van der Waals surface area contributed by atoms with Crippen LogP contribution in [0.15, 0.2) is 60.8 Å². The number of unbranched alkanes of at least 4 members (excludes halogenated alkanes) is 38. The van der Waals surface area contributed by atoms with Crippen LogP contribution in [0.4, 0.5) is 0 Å². The number of hydrogen-bond donors (Lipinski definition) is 3. The van der Waals surface area contributed by atoms with Gasteiger partial charge in [0.1, 0.15) is 0 Å². The molecule has 1 amide bonds. The van der Waals surface area contributed by atoms with Gasteiger partial charge in [0, 0.05) is 12.8 Å². The molecule has 3 N–H and O–H groups in total. The number of carbonyl (C=O) groups is 2. The molecule has 2 atom stereocenters. The van der Waals surface area contributed by atoms with Crippen molar-refractivity contribution in [3.8, 4) is 0 Å². The van der Waals surface area contributed by atoms with Gasteiger partial charge in [-0.15, -0.1) is 0 Å². The fourth-order valence-corrected chi connectivity index (χ4v) is 9.27. The molecule has 71 heavy (non-hydrogen) atoms. The Hall–Kier alpha value is -2.44. The summed E-state index contributed by atoms with van der Waals surface area (Å²) >= 11 is 0. The lowest BCUT2D eigenvalue weighted by Gasteiger charge is -2.20. The molecule has 0 saturated heterocycles. The molecule has 0 aliphatic rings. The van der Waals surface area contributed by atoms with E-state index in [2.05, 4.69) is 67.8 Å². The zero-order valence-corrected chi connectivity index (χ0v) is 47.2. The first kappa shape index (κ1) is 68.6. The molecule has 0 aliphatic carbocycles. The lowest BCUT2D eigenvalue weighted by atomic mass is 10.0. The summed E-state index contributed by atoms with van der Waals surface area (Å²) in [5, 5.41) is 23.1. The van der Waals surface area contributed by atoms with E-state index in [4.69, 9.17) is 4.74 Å². The van der Waals surface area contributed by atoms with Crippen LogP contribution in [0, 0.1) is 0 Å². The Kier molecular flexibility index (Phi) is 58.1. The Morgan fingerprint density at radius 1 is 0.394 bits per heavy atom. The van der Waals surface area contributed by atoms with Crippen LogP contribution in [0.2, 0.25) is 0 Å². The second-order valence-corrected chi connectivity index (χ2v) is 21.0. The van der Waals surface area contributed by atoms with Crippen LogP contribution >= 0.6 is 0 Å². The summed E-state index contributed by atoms with van der Waals surface area (Å²) in [5.41, 5.74) is 0. The van der Waals surface area contributed by atoms with Crippen molar-refractivity contribution in [1.82, 2.24) is 5.32 Å². The number of aliphatic hydroxyl groups is 2. The van der Waals surface area contributed by atoms with Crippen LogP contribution in [0.3, 0.4) is 0 Å². The van der Waals surface area contributed by atoms with Gasteiger partial charge in [0.15, 0.2) is 0 Å². The molecule has 0 aromatic carbocycles. The van der Waals surface area contributed by atoms with Gasteiger partial charge in [-0.25, -0.2) is 0 Å². The van der Waals surface area contributed by atoms with E-state index < -0.39 is 12.1 Å². The van der Waals surface area contributed by atoms with Gasteiger partial charge in [-0.05, 0) is 83.5 Å². The van der Waals surface area contributed by atoms with E-state index >= 15 is 0 Å². The summed E-state index contributed by atoms with van der Waals surface area (Å²) < 4.78 is 5.42. The first-order valence-electron chi connectivity index (χ1n) is 31.1. The van der Waals surface area contributed by atoms with E-state index in [0.717, 1.165) is 57.8 Å². The zero-order valence-electron chi connectivity index (χ0n) is 47.2. The Balaban J connectivity index is 3.48. The maximum atomic E-state index is 12.5. The minimum Gasteiger partial charge on any atom is -0.465 e. The molecule has 0 fully saturated rings. The molecule has 414 valence electrons. The number of rotatable bonds is 57. The third-order valence-electron chi connectivity index (χ3n) is 14.0. The Morgan fingerprint density at radius 3 is 1.08 bits per heavy atom. The average Bonchev–Trinajstić information content (AvgIpc) is 3.37. The van der Waals surface area contributed by atoms with Crippen LogP contribution < -0.4 is 5.32 Å². The second-order valence-electron chi connectivity index (χ2n) is 21.0. The van der Waals surface area contributed by atoms with E-state index in [0.29, 0.717) is 19.4 Å². The smallest absolute Gasteiger partial charge is 0.305 e. The molecule has 0 rings (SSSR count). The van der Waals surface area contributed by atoms with Crippen molar-refractivity contribution in [2.75, 3.05) is 13.2 Å². The molecular formula is C65H119NO5. The molecule has 6 nitrogen and oxygen atoms in total. The number of carbonyl (C=O) groups excluding carboxylic acids is 2. The van der Waals surface area contributed by atoms with E-state index in [1.165, 1.54) is 231 Å². The number of allylic oxidation sites excluding steroid dienone is 8. The first-order valence-corrected chi connectivity index (χ1v) is 31.1. The first-order chi connectivity index (χ1) is 35.0. The standard InChI is InChI=1S/C65H119NO5/c1-3-5-7-9-11-13-15-17-19-20-27-31-35-39-43-47-51-55-59-65(70)71-60-56-52-48-44-40-36-32-28-25-23-21-22-24-26-30-34-38-42-46-50-54-58-64(69)66-62(61-67)63(68)57-53-49-45-41-37-33-29-18-16-14-12-10-8-6-4-2/h13,15,19-20,36,40,48,52-53,57,62-63,67-68H,3-12,14,16-18,21-35,37-39,41-47,49-51,54-56,58-61H2,1-2H3,(H,66,69)/b15-13-,20-19-,40-36-,52-48-,57-53+. The molecule has 0 aromatic heterocycles. The topological polar surface area (TPSA) is 95.9 Å². The van der Waals surface area contributed by atoms with Crippen molar-refractivity contribution in [3.05, 3.63) is 60.8 Å². The fourth-order valence-electron chi connectivity index (χ4n) is 9.27. The van der Waals surface area contributed by atoms with Crippen molar-refractivity contribution in [2.24, 2.45) is 0 Å². The van der Waals surface area contributed by atoms with Gasteiger partial charge in [-0.2, -0.15) is 0 Å². The molecule has 0 bridgehead atoms. The van der Waals surface area contributed by atoms with Crippen LogP contribution in [-0.2, 0) is 14.3 Å². The third kappa shape index (κ3) is 56.7. The van der Waals surface area contributed by atoms with Crippen molar-refractivity contribution < 1.29 is 24.5 Å². The Morgan fingerprint density at radius 2 is 0.704 bits per heavy atom. The number of ether oxygens (including phenoxy) is 1. The number of aliphatic hydroxyl groups excluding tert-OH is 2. The van der Waals surface area contributed by atoms with Gasteiger partial charge in [-0.3, -0.25) is 9.59 Å². The van der Waals surface area contributed by atoms with Gasteiger partial charge in [0.25, 0.3) is 0 Å². The van der Waals surface area contributed by atoms with Gasteiger partial charge in [-0.1, -0.05) is 280 Å². The minimum absolute atomic E-state index is 0.0437. The highest BCUT2D eigenvalue weighted by molar-refractivity contribution is 5.76. The largest absolute Gasteiger partial charge is 0.465 e. The number of nitrogens with one attached hydrogen (secondary N) is 1. The zero-order chi connectivity index (χ0) is 51.4. The summed E-state index contributed by atoms with van der Waals surface area (Å²) in [7, 11) is 0. The summed E-state index contributed by atoms with van der Waals surface area (Å²) in [4.78, 5) is 24.5. The SMILES string of the molecule is CCCCCC/C=C\C/C=C\CCCCCCCCCC(=O)OCC/C=C\C/C=C\CCCCCCCCCCCCCCCCC(=O)NC(CO)C(O)/C=C/CCCCCCCCCCCCCCC. The third-order valence-corrected chi connectivity index (χ3v) is 14.0. The van der Waals surface area contributed by atoms with Crippen molar-refractivity contribution in [1.29, 1.82) is 0 Å². The molecular weight excluding hydrogens is 875 g/mol. The average molecular weight is 995 g/mol. The highest BCUT2D eigenvalue weighted by atomic mass is 16.5. The molecule has 0 aromatic rings. The van der Waals surface area contributed by atoms with Crippen LogP contribution in [0.5, 0.6) is 0 Å². The number of hydrogen-bond acceptors (Lipinski definition) is 5. The van der Waals surface area contributed by atoms with Crippen molar-refractivity contribution in [2.45, 2.75) is 328 Å². The van der Waals surface area contributed by atoms with Gasteiger partial charge in [0.2, 0.25) is 5.91 Å². The van der Waals surface area contributed by atoms with E-state index in [1.54, 1.807) is 6.08 Å². The maximum Gasteiger partial charge on any atom is 0.305 e. The summed E-state index contributed by atoms with van der Waals surface area (Å²) in [6, 6.07) is -0.633. The van der Waals surface area contributed by atoms with Crippen LogP contribution in [-0.4, -0.2) is 47.4 Å². The van der Waals surface area contributed by atoms with Gasteiger partial charge < -0.3 is 20.3 Å². The van der Waals surface area contributed by atoms with E-state index in [1.807, 2.05) is 6.08 Å². The summed E-state index contributed by atoms with van der Waals surface area (Å²) in [6.45, 7) is 4.78.